The SMILES string of the molecule is COc1cc(/C=C2/SC(=S)N(Cc3ccccc3)C2=O)ccc1OC(=O)/C=C/c1ccc(C)cc1. The van der Waals surface area contributed by atoms with E-state index in [-0.39, 0.29) is 5.91 Å². The fraction of sp³-hybridized carbons (Fsp3) is 0.107. The van der Waals surface area contributed by atoms with E-state index in [1.807, 2.05) is 61.5 Å². The molecule has 7 heteroatoms. The van der Waals surface area contributed by atoms with E-state index in [2.05, 4.69) is 0 Å². The number of ether oxygens (including phenoxy) is 2. The molecule has 1 aliphatic rings. The van der Waals surface area contributed by atoms with Gasteiger partial charge in [0.05, 0.1) is 18.6 Å². The molecule has 1 aliphatic heterocycles. The average molecular weight is 502 g/mol. The Balaban J connectivity index is 1.46. The van der Waals surface area contributed by atoms with Crippen molar-refractivity contribution >= 4 is 52.3 Å². The monoisotopic (exact) mass is 501 g/mol. The molecule has 0 saturated carbocycles. The van der Waals surface area contributed by atoms with Crippen molar-refractivity contribution in [2.75, 3.05) is 7.11 Å². The number of benzene rings is 3. The molecule has 3 aromatic rings. The van der Waals surface area contributed by atoms with Gasteiger partial charge in [-0.1, -0.05) is 90.2 Å². The van der Waals surface area contributed by atoms with Crippen molar-refractivity contribution in [3.63, 3.8) is 0 Å². The number of esters is 1. The molecule has 1 fully saturated rings. The van der Waals surface area contributed by atoms with Gasteiger partial charge >= 0.3 is 5.97 Å². The molecule has 0 atom stereocenters. The van der Waals surface area contributed by atoms with E-state index < -0.39 is 5.97 Å². The lowest BCUT2D eigenvalue weighted by Crippen LogP contribution is -2.27. The van der Waals surface area contributed by atoms with E-state index in [0.717, 1.165) is 22.3 Å². The maximum absolute atomic E-state index is 12.9. The van der Waals surface area contributed by atoms with Crippen molar-refractivity contribution in [2.45, 2.75) is 13.5 Å². The van der Waals surface area contributed by atoms with Crippen molar-refractivity contribution in [2.24, 2.45) is 0 Å². The Bertz CT molecular complexity index is 1310. The minimum absolute atomic E-state index is 0.139. The lowest BCUT2D eigenvalue weighted by atomic mass is 10.1. The fourth-order valence-corrected chi connectivity index (χ4v) is 4.65. The lowest BCUT2D eigenvalue weighted by molar-refractivity contribution is -0.129. The fourth-order valence-electron chi connectivity index (χ4n) is 3.40. The number of amides is 1. The molecule has 0 aliphatic carbocycles. The summed E-state index contributed by atoms with van der Waals surface area (Å²) in [5.74, 6) is 0.0217. The van der Waals surface area contributed by atoms with Crippen LogP contribution in [0.5, 0.6) is 11.5 Å². The number of thioether (sulfide) groups is 1. The maximum Gasteiger partial charge on any atom is 0.336 e. The van der Waals surface area contributed by atoms with Gasteiger partial charge < -0.3 is 9.47 Å². The largest absolute Gasteiger partial charge is 0.493 e. The van der Waals surface area contributed by atoms with Crippen LogP contribution in [-0.2, 0) is 16.1 Å². The van der Waals surface area contributed by atoms with E-state index in [9.17, 15) is 9.59 Å². The molecular weight excluding hydrogens is 478 g/mol. The third kappa shape index (κ3) is 6.26. The van der Waals surface area contributed by atoms with E-state index >= 15 is 0 Å². The topological polar surface area (TPSA) is 55.8 Å². The van der Waals surface area contributed by atoms with Gasteiger partial charge in [-0.05, 0) is 47.9 Å². The van der Waals surface area contributed by atoms with Gasteiger partial charge in [-0.2, -0.15) is 0 Å². The Morgan fingerprint density at radius 2 is 1.71 bits per heavy atom. The zero-order valence-corrected chi connectivity index (χ0v) is 20.9. The highest BCUT2D eigenvalue weighted by Crippen LogP contribution is 2.35. The normalized spacial score (nSPS) is 14.7. The second kappa shape index (κ2) is 11.2. The van der Waals surface area contributed by atoms with E-state index in [1.54, 1.807) is 35.3 Å². The third-order valence-electron chi connectivity index (χ3n) is 5.24. The highest BCUT2D eigenvalue weighted by Gasteiger charge is 2.32. The highest BCUT2D eigenvalue weighted by atomic mass is 32.2. The molecule has 0 radical (unpaired) electrons. The summed E-state index contributed by atoms with van der Waals surface area (Å²) in [5.41, 5.74) is 3.79. The van der Waals surface area contributed by atoms with Crippen LogP contribution in [-0.4, -0.2) is 28.2 Å². The zero-order chi connectivity index (χ0) is 24.8. The van der Waals surface area contributed by atoms with Crippen molar-refractivity contribution < 1.29 is 19.1 Å². The Hall–Kier alpha value is -3.68. The smallest absolute Gasteiger partial charge is 0.336 e. The molecule has 0 aromatic heterocycles. The van der Waals surface area contributed by atoms with Crippen molar-refractivity contribution in [3.05, 3.63) is 106 Å². The van der Waals surface area contributed by atoms with Gasteiger partial charge in [-0.15, -0.1) is 0 Å². The summed E-state index contributed by atoms with van der Waals surface area (Å²) < 4.78 is 11.4. The van der Waals surface area contributed by atoms with Crippen LogP contribution >= 0.6 is 24.0 Å². The molecule has 0 bridgehead atoms. The number of rotatable bonds is 7. The van der Waals surface area contributed by atoms with E-state index in [0.29, 0.717) is 27.3 Å². The molecular formula is C28H23NO4S2. The highest BCUT2D eigenvalue weighted by molar-refractivity contribution is 8.26. The van der Waals surface area contributed by atoms with Gasteiger partial charge in [0.2, 0.25) is 0 Å². The summed E-state index contributed by atoms with van der Waals surface area (Å²) in [6, 6.07) is 22.7. The summed E-state index contributed by atoms with van der Waals surface area (Å²) in [6.07, 6.45) is 4.83. The van der Waals surface area contributed by atoms with Crippen molar-refractivity contribution in [1.29, 1.82) is 0 Å². The predicted molar refractivity (Wildman–Crippen MR) is 144 cm³/mol. The first-order valence-corrected chi connectivity index (χ1v) is 12.1. The molecule has 4 rings (SSSR count). The Morgan fingerprint density at radius 3 is 2.43 bits per heavy atom. The Labute approximate surface area is 214 Å². The van der Waals surface area contributed by atoms with Gasteiger partial charge in [0.15, 0.2) is 11.5 Å². The molecule has 1 amide bonds. The van der Waals surface area contributed by atoms with Gasteiger partial charge in [0.25, 0.3) is 5.91 Å². The first-order valence-electron chi connectivity index (χ1n) is 10.9. The predicted octanol–water partition coefficient (Wildman–Crippen LogP) is 6.02. The van der Waals surface area contributed by atoms with Crippen LogP contribution in [0.4, 0.5) is 0 Å². The molecule has 1 saturated heterocycles. The number of carbonyl (C=O) groups is 2. The number of carbonyl (C=O) groups excluding carboxylic acids is 2. The summed E-state index contributed by atoms with van der Waals surface area (Å²) in [6.45, 7) is 2.43. The number of thiocarbonyl (C=S) groups is 1. The number of methoxy groups -OCH3 is 1. The molecule has 5 nitrogen and oxygen atoms in total. The van der Waals surface area contributed by atoms with Crippen LogP contribution < -0.4 is 9.47 Å². The van der Waals surface area contributed by atoms with E-state index in [4.69, 9.17) is 21.7 Å². The molecule has 0 unspecified atom stereocenters. The third-order valence-corrected chi connectivity index (χ3v) is 6.62. The Morgan fingerprint density at radius 1 is 1.00 bits per heavy atom. The molecule has 35 heavy (non-hydrogen) atoms. The summed E-state index contributed by atoms with van der Waals surface area (Å²) in [4.78, 5) is 27.4. The van der Waals surface area contributed by atoms with Gasteiger partial charge in [-0.3, -0.25) is 9.69 Å². The second-order valence-corrected chi connectivity index (χ2v) is 9.50. The maximum atomic E-state index is 12.9. The van der Waals surface area contributed by atoms with Gasteiger partial charge in [0, 0.05) is 6.08 Å². The van der Waals surface area contributed by atoms with Gasteiger partial charge in [0.1, 0.15) is 4.32 Å². The minimum Gasteiger partial charge on any atom is -0.493 e. The summed E-state index contributed by atoms with van der Waals surface area (Å²) in [5, 5.41) is 0. The number of aryl methyl sites for hydroxylation is 1. The molecule has 0 spiro atoms. The minimum atomic E-state index is -0.515. The summed E-state index contributed by atoms with van der Waals surface area (Å²) in [7, 11) is 1.50. The molecule has 176 valence electrons. The van der Waals surface area contributed by atoms with E-state index in [1.165, 1.54) is 24.9 Å². The van der Waals surface area contributed by atoms with Crippen LogP contribution in [0.1, 0.15) is 22.3 Å². The summed E-state index contributed by atoms with van der Waals surface area (Å²) >= 11 is 6.69. The first kappa shape index (κ1) is 24.4. The van der Waals surface area contributed by atoms with Crippen LogP contribution in [0, 0.1) is 6.92 Å². The van der Waals surface area contributed by atoms with Crippen LogP contribution in [0.25, 0.3) is 12.2 Å². The molecule has 3 aromatic carbocycles. The number of hydrogen-bond donors (Lipinski definition) is 0. The van der Waals surface area contributed by atoms with Crippen molar-refractivity contribution in [1.82, 2.24) is 4.90 Å². The standard InChI is InChI=1S/C28H23NO4S2/c1-19-8-10-20(11-9-19)13-15-26(30)33-23-14-12-22(16-24(23)32-2)17-25-27(31)29(28(34)35-25)18-21-6-4-3-5-7-21/h3-17H,18H2,1-2H3/b15-13+,25-17+. The Kier molecular flexibility index (Phi) is 7.80. The van der Waals surface area contributed by atoms with Gasteiger partial charge in [-0.25, -0.2) is 4.79 Å². The second-order valence-electron chi connectivity index (χ2n) is 7.83. The first-order chi connectivity index (χ1) is 16.9. The lowest BCUT2D eigenvalue weighted by Gasteiger charge is -2.14. The molecule has 1 heterocycles. The number of nitrogens with zero attached hydrogens (tertiary/aromatic N) is 1. The average Bonchev–Trinajstić information content (AvgIpc) is 3.12. The zero-order valence-electron chi connectivity index (χ0n) is 19.3. The van der Waals surface area contributed by atoms with Crippen LogP contribution in [0.15, 0.2) is 83.8 Å². The van der Waals surface area contributed by atoms with Crippen LogP contribution in [0.3, 0.4) is 0 Å². The number of hydrogen-bond acceptors (Lipinski definition) is 6. The quantitative estimate of drug-likeness (QED) is 0.171. The van der Waals surface area contributed by atoms with Crippen molar-refractivity contribution in [3.8, 4) is 11.5 Å². The molecule has 0 N–H and O–H groups in total. The van der Waals surface area contributed by atoms with Crippen LogP contribution in [0.2, 0.25) is 0 Å².